The van der Waals surface area contributed by atoms with Crippen LogP contribution in [-0.2, 0) is 0 Å². The minimum atomic E-state index is -0.656. The summed E-state index contributed by atoms with van der Waals surface area (Å²) in [5.41, 5.74) is 2.92. The molecule has 120 valence electrons. The average molecular weight is 341 g/mol. The second kappa shape index (κ2) is 6.42. The largest absolute Gasteiger partial charge is 0.282 e. The van der Waals surface area contributed by atoms with Crippen molar-refractivity contribution in [2.45, 2.75) is 0 Å². The molecule has 0 radical (unpaired) electrons. The first kappa shape index (κ1) is 15.6. The summed E-state index contributed by atoms with van der Waals surface area (Å²) in [6.45, 7) is 0. The number of carbonyl (C=O) groups excluding carboxylic acids is 1. The number of carbonyl (C=O) groups is 1. The number of nitro groups is 1. The van der Waals surface area contributed by atoms with Crippen LogP contribution in [0.25, 0.3) is 11.4 Å². The van der Waals surface area contributed by atoms with E-state index >= 15 is 0 Å². The number of rotatable bonds is 4. The zero-order chi connectivity index (χ0) is 17.1. The third kappa shape index (κ3) is 2.92. The van der Waals surface area contributed by atoms with E-state index in [2.05, 4.69) is 15.6 Å². The van der Waals surface area contributed by atoms with Gasteiger partial charge in [-0.1, -0.05) is 42.5 Å². The van der Waals surface area contributed by atoms with Gasteiger partial charge in [0.05, 0.1) is 4.92 Å². The highest BCUT2D eigenvalue weighted by molar-refractivity contribution is 7.71. The number of nitrogens with zero attached hydrogens (tertiary/aromatic N) is 3. The van der Waals surface area contributed by atoms with Crippen molar-refractivity contribution in [3.8, 4) is 11.4 Å². The van der Waals surface area contributed by atoms with Crippen LogP contribution in [0, 0.1) is 14.9 Å². The molecule has 3 aromatic rings. The molecule has 8 nitrogen and oxygen atoms in total. The van der Waals surface area contributed by atoms with E-state index in [0.717, 1.165) is 5.56 Å². The molecule has 3 rings (SSSR count). The molecule has 1 aromatic heterocycles. The van der Waals surface area contributed by atoms with Gasteiger partial charge in [-0.05, 0) is 18.3 Å². The standard InChI is InChI=1S/C15H11N5O3S/c21-14(11-8-4-5-9-12(11)20(22)23)18-19-13(16-17-15(19)24)10-6-2-1-3-7-10/h1-9H,(H,17,24)(H,18,21). The SMILES string of the molecule is O=C(Nn1c(-c2ccccc2)n[nH]c1=S)c1ccccc1[N+](=O)[O-]. The van der Waals surface area contributed by atoms with E-state index in [1.807, 2.05) is 18.2 Å². The summed E-state index contributed by atoms with van der Waals surface area (Å²) in [6, 6.07) is 14.8. The van der Waals surface area contributed by atoms with Gasteiger partial charge in [0.1, 0.15) is 5.56 Å². The van der Waals surface area contributed by atoms with Crippen molar-refractivity contribution in [3.05, 3.63) is 75.0 Å². The minimum absolute atomic E-state index is 0.0652. The molecule has 0 saturated heterocycles. The van der Waals surface area contributed by atoms with Crippen LogP contribution >= 0.6 is 12.2 Å². The van der Waals surface area contributed by atoms with Crippen molar-refractivity contribution in [1.29, 1.82) is 0 Å². The van der Waals surface area contributed by atoms with Crippen molar-refractivity contribution in [2.75, 3.05) is 5.43 Å². The summed E-state index contributed by atoms with van der Waals surface area (Å²) in [6.07, 6.45) is 0. The zero-order valence-electron chi connectivity index (χ0n) is 12.2. The maximum absolute atomic E-state index is 12.4. The maximum atomic E-state index is 12.4. The van der Waals surface area contributed by atoms with Crippen molar-refractivity contribution in [1.82, 2.24) is 14.9 Å². The van der Waals surface area contributed by atoms with Gasteiger partial charge in [-0.15, -0.1) is 0 Å². The lowest BCUT2D eigenvalue weighted by molar-refractivity contribution is -0.385. The number of aromatic amines is 1. The lowest BCUT2D eigenvalue weighted by Gasteiger charge is -2.09. The highest BCUT2D eigenvalue weighted by Gasteiger charge is 2.20. The molecule has 2 N–H and O–H groups in total. The number of amides is 1. The Morgan fingerprint density at radius 3 is 2.54 bits per heavy atom. The Morgan fingerprint density at radius 2 is 1.83 bits per heavy atom. The molecule has 1 heterocycles. The second-order valence-corrected chi connectivity index (χ2v) is 5.16. The molecule has 1 amide bonds. The summed E-state index contributed by atoms with van der Waals surface area (Å²) < 4.78 is 1.45. The molecular formula is C15H11N5O3S. The fraction of sp³-hybridized carbons (Fsp3) is 0. The molecule has 24 heavy (non-hydrogen) atoms. The average Bonchev–Trinajstić information content (AvgIpc) is 2.96. The third-order valence-corrected chi connectivity index (χ3v) is 3.54. The second-order valence-electron chi connectivity index (χ2n) is 4.77. The third-order valence-electron chi connectivity index (χ3n) is 3.26. The Kier molecular flexibility index (Phi) is 4.17. The molecule has 0 spiro atoms. The summed E-state index contributed by atoms with van der Waals surface area (Å²) in [4.78, 5) is 22.9. The lowest BCUT2D eigenvalue weighted by atomic mass is 10.2. The van der Waals surface area contributed by atoms with E-state index in [9.17, 15) is 14.9 Å². The van der Waals surface area contributed by atoms with Gasteiger partial charge in [0.2, 0.25) is 4.77 Å². The monoisotopic (exact) mass is 341 g/mol. The van der Waals surface area contributed by atoms with E-state index in [1.165, 1.54) is 22.9 Å². The Bertz CT molecular complexity index is 964. The number of para-hydroxylation sites is 1. The predicted octanol–water partition coefficient (Wildman–Crippen LogP) is 2.90. The normalized spacial score (nSPS) is 10.3. The van der Waals surface area contributed by atoms with Crippen LogP contribution in [-0.4, -0.2) is 25.7 Å². The topological polar surface area (TPSA) is 106 Å². The number of hydrogen-bond donors (Lipinski definition) is 2. The molecule has 0 aliphatic carbocycles. The van der Waals surface area contributed by atoms with Crippen molar-refractivity contribution in [2.24, 2.45) is 0 Å². The van der Waals surface area contributed by atoms with Crippen LogP contribution in [0.5, 0.6) is 0 Å². The fourth-order valence-corrected chi connectivity index (χ4v) is 2.35. The van der Waals surface area contributed by atoms with Crippen LogP contribution in [0.15, 0.2) is 54.6 Å². The van der Waals surface area contributed by atoms with Gasteiger partial charge in [-0.3, -0.25) is 20.3 Å². The number of nitro benzene ring substituents is 1. The van der Waals surface area contributed by atoms with Crippen molar-refractivity contribution in [3.63, 3.8) is 0 Å². The maximum Gasteiger partial charge on any atom is 0.282 e. The van der Waals surface area contributed by atoms with E-state index in [1.54, 1.807) is 18.2 Å². The van der Waals surface area contributed by atoms with Crippen LogP contribution in [0.1, 0.15) is 10.4 Å². The zero-order valence-corrected chi connectivity index (χ0v) is 13.0. The molecule has 0 fully saturated rings. The molecule has 0 unspecified atom stereocenters. The van der Waals surface area contributed by atoms with Gasteiger partial charge in [-0.2, -0.15) is 5.10 Å². The summed E-state index contributed by atoms with van der Waals surface area (Å²) in [5, 5.41) is 17.7. The number of nitrogens with one attached hydrogen (secondary N) is 2. The minimum Gasteiger partial charge on any atom is -0.267 e. The van der Waals surface area contributed by atoms with E-state index in [0.29, 0.717) is 5.82 Å². The van der Waals surface area contributed by atoms with Gasteiger partial charge in [0.25, 0.3) is 11.6 Å². The lowest BCUT2D eigenvalue weighted by Crippen LogP contribution is -2.24. The number of aromatic nitrogens is 3. The van der Waals surface area contributed by atoms with Crippen LogP contribution in [0.3, 0.4) is 0 Å². The van der Waals surface area contributed by atoms with Gasteiger partial charge < -0.3 is 0 Å². The van der Waals surface area contributed by atoms with Gasteiger partial charge in [0, 0.05) is 11.6 Å². The van der Waals surface area contributed by atoms with Crippen molar-refractivity contribution < 1.29 is 9.72 Å². The molecular weight excluding hydrogens is 330 g/mol. The highest BCUT2D eigenvalue weighted by atomic mass is 32.1. The Morgan fingerprint density at radius 1 is 1.17 bits per heavy atom. The summed E-state index contributed by atoms with van der Waals surface area (Å²) in [7, 11) is 0. The molecule has 9 heteroatoms. The van der Waals surface area contributed by atoms with Gasteiger partial charge in [0.15, 0.2) is 5.82 Å². The van der Waals surface area contributed by atoms with Gasteiger partial charge >= 0.3 is 0 Å². The first-order valence-corrected chi connectivity index (χ1v) is 7.26. The number of H-pyrrole nitrogens is 1. The Labute approximate surface area is 140 Å². The quantitative estimate of drug-likeness (QED) is 0.431. The molecule has 0 aliphatic rings. The molecule has 0 saturated carbocycles. The van der Waals surface area contributed by atoms with Gasteiger partial charge in [-0.25, -0.2) is 9.77 Å². The Hall–Kier alpha value is -3.33. The first-order chi connectivity index (χ1) is 11.6. The highest BCUT2D eigenvalue weighted by Crippen LogP contribution is 2.19. The summed E-state index contributed by atoms with van der Waals surface area (Å²) >= 11 is 5.12. The summed E-state index contributed by atoms with van der Waals surface area (Å²) in [5.74, 6) is -0.260. The fourth-order valence-electron chi connectivity index (χ4n) is 2.17. The van der Waals surface area contributed by atoms with E-state index < -0.39 is 10.8 Å². The van der Waals surface area contributed by atoms with E-state index in [4.69, 9.17) is 12.2 Å². The smallest absolute Gasteiger partial charge is 0.267 e. The molecule has 0 bridgehead atoms. The molecule has 2 aromatic carbocycles. The predicted molar refractivity (Wildman–Crippen MR) is 89.6 cm³/mol. The van der Waals surface area contributed by atoms with Crippen LogP contribution in [0.2, 0.25) is 0 Å². The van der Waals surface area contributed by atoms with E-state index in [-0.39, 0.29) is 16.0 Å². The van der Waals surface area contributed by atoms with Crippen molar-refractivity contribution >= 4 is 23.8 Å². The van der Waals surface area contributed by atoms with Crippen LogP contribution in [0.4, 0.5) is 5.69 Å². The first-order valence-electron chi connectivity index (χ1n) is 6.85. The molecule has 0 atom stereocenters. The molecule has 0 aliphatic heterocycles. The Balaban J connectivity index is 1.99. The number of benzene rings is 2. The van der Waals surface area contributed by atoms with Crippen LogP contribution < -0.4 is 5.43 Å². The number of hydrogen-bond acceptors (Lipinski definition) is 5.